The number of fused-ring (bicyclic) bond motifs is 6. The lowest BCUT2D eigenvalue weighted by atomic mass is 10.1. The number of rotatable bonds is 0. The Morgan fingerprint density at radius 3 is 0.825 bits per heavy atom. The highest BCUT2D eigenvalue weighted by molar-refractivity contribution is 5.84. The van der Waals surface area contributed by atoms with Gasteiger partial charge in [0.15, 0.2) is 0 Å². The van der Waals surface area contributed by atoms with Crippen LogP contribution in [0.2, 0.25) is 0 Å². The van der Waals surface area contributed by atoms with Crippen LogP contribution in [-0.4, -0.2) is 30.1 Å². The molecule has 0 fully saturated rings. The maximum atomic E-state index is 11.1. The van der Waals surface area contributed by atoms with E-state index < -0.39 is 0 Å². The third kappa shape index (κ3) is 5.47. The molecule has 0 aliphatic rings. The average molecular weight is 529 g/mol. The second-order valence-electron chi connectivity index (χ2n) is 10.5. The van der Waals surface area contributed by atoms with Crippen molar-refractivity contribution in [1.82, 2.24) is 19.9 Å². The number of hydrogen-bond donors (Lipinski definition) is 2. The largest absolute Gasteiger partial charge is 0.507 e. The first-order chi connectivity index (χ1) is 19.1. The molecule has 0 atom stereocenters. The van der Waals surface area contributed by atoms with Crippen LogP contribution in [0.5, 0.6) is 11.5 Å². The minimum atomic E-state index is 0.0948. The van der Waals surface area contributed by atoms with E-state index in [0.29, 0.717) is 43.6 Å². The standard InChI is InChI=1S/C34H32N4O2/c1-19-7-25-15-35-29-11-21(3)23(5)13-31(29)37-17-27-9-20(2)10-28(34(27)40)18-38-32-14-24(6)22(4)12-30(32)36-16-26(8-19)33(25)39/h7-18,39-40H,1-6H3. The summed E-state index contributed by atoms with van der Waals surface area (Å²) < 4.78 is 0. The van der Waals surface area contributed by atoms with E-state index in [0.717, 1.165) is 33.4 Å². The van der Waals surface area contributed by atoms with Gasteiger partial charge < -0.3 is 10.2 Å². The van der Waals surface area contributed by atoms with Crippen LogP contribution in [0.25, 0.3) is 43.6 Å². The Labute approximate surface area is 233 Å². The molecule has 0 amide bonds. The molecule has 0 unspecified atom stereocenters. The van der Waals surface area contributed by atoms with Crippen LogP contribution in [-0.2, 0) is 0 Å². The number of phenols is 2. The highest BCUT2D eigenvalue weighted by Crippen LogP contribution is 2.27. The van der Waals surface area contributed by atoms with Crippen molar-refractivity contribution < 1.29 is 10.2 Å². The Morgan fingerprint density at radius 1 is 0.375 bits per heavy atom. The molecule has 0 saturated carbocycles. The van der Waals surface area contributed by atoms with E-state index in [1.54, 1.807) is 24.8 Å². The molecule has 1 aromatic heterocycles. The fourth-order valence-electron chi connectivity index (χ4n) is 4.61. The number of aromatic hydroxyl groups is 2. The molecule has 4 bridgehead atoms. The van der Waals surface area contributed by atoms with Gasteiger partial charge in [-0.2, -0.15) is 0 Å². The lowest BCUT2D eigenvalue weighted by molar-refractivity contribution is 0.486. The van der Waals surface area contributed by atoms with E-state index in [1.807, 2.05) is 90.1 Å². The quantitative estimate of drug-likeness (QED) is 0.212. The molecule has 200 valence electrons. The number of aryl methyl sites for hydroxylation is 6. The van der Waals surface area contributed by atoms with Gasteiger partial charge in [0.05, 0.1) is 22.1 Å². The summed E-state index contributed by atoms with van der Waals surface area (Å²) in [7, 11) is 0. The summed E-state index contributed by atoms with van der Waals surface area (Å²) in [5.41, 5.74) is 8.89. The molecule has 0 aliphatic carbocycles. The van der Waals surface area contributed by atoms with Crippen molar-refractivity contribution in [2.24, 2.45) is 0 Å². The lowest BCUT2D eigenvalue weighted by Gasteiger charge is -2.03. The fourth-order valence-corrected chi connectivity index (χ4v) is 4.61. The maximum Gasteiger partial charge on any atom is 0.133 e. The monoisotopic (exact) mass is 528 g/mol. The second-order valence-corrected chi connectivity index (χ2v) is 10.5. The number of hydrogen-bond acceptors (Lipinski definition) is 6. The van der Waals surface area contributed by atoms with Crippen molar-refractivity contribution >= 4 is 43.6 Å². The molecule has 0 spiro atoms. The van der Waals surface area contributed by atoms with Crippen LogP contribution in [0.1, 0.15) is 33.4 Å². The predicted molar refractivity (Wildman–Crippen MR) is 163 cm³/mol. The summed E-state index contributed by atoms with van der Waals surface area (Å²) in [6.07, 6.45) is 6.61. The van der Waals surface area contributed by atoms with Gasteiger partial charge in [0.25, 0.3) is 0 Å². The Hall–Kier alpha value is -4.84. The Kier molecular flexibility index (Phi) is 7.18. The zero-order valence-electron chi connectivity index (χ0n) is 23.6. The normalized spacial score (nSPS) is 10.9. The van der Waals surface area contributed by atoms with E-state index in [-0.39, 0.29) is 11.5 Å². The van der Waals surface area contributed by atoms with Gasteiger partial charge in [-0.25, -0.2) is 0 Å². The molecule has 5 aromatic rings. The third-order valence-corrected chi connectivity index (χ3v) is 7.18. The topological polar surface area (TPSA) is 92.0 Å². The van der Waals surface area contributed by atoms with Crippen LogP contribution in [0.3, 0.4) is 0 Å². The van der Waals surface area contributed by atoms with Gasteiger partial charge in [-0.3, -0.25) is 19.9 Å². The van der Waals surface area contributed by atoms with Crippen molar-refractivity contribution in [2.45, 2.75) is 41.5 Å². The van der Waals surface area contributed by atoms with Gasteiger partial charge in [-0.1, -0.05) is 0 Å². The zero-order chi connectivity index (χ0) is 28.6. The van der Waals surface area contributed by atoms with Gasteiger partial charge in [0.2, 0.25) is 0 Å². The summed E-state index contributed by atoms with van der Waals surface area (Å²) >= 11 is 0. The molecule has 40 heavy (non-hydrogen) atoms. The number of nitrogens with zero attached hydrogens (tertiary/aromatic N) is 4. The molecule has 2 N–H and O–H groups in total. The van der Waals surface area contributed by atoms with Gasteiger partial charge in [0, 0.05) is 46.3 Å². The zero-order valence-corrected chi connectivity index (χ0v) is 23.6. The molecule has 0 saturated heterocycles. The second kappa shape index (κ2) is 10.7. The maximum absolute atomic E-state index is 11.1. The number of benzene rings is 4. The van der Waals surface area contributed by atoms with Crippen LogP contribution in [0.15, 0.2) is 73.3 Å². The van der Waals surface area contributed by atoms with Crippen LogP contribution >= 0.6 is 0 Å². The molecular formula is C34H32N4O2. The smallest absolute Gasteiger partial charge is 0.133 e. The molecular weight excluding hydrogens is 496 g/mol. The molecule has 6 nitrogen and oxygen atoms in total. The number of phenolic OH excluding ortho intramolecular Hbond substituents is 2. The number of aromatic nitrogens is 4. The molecule has 6 heteroatoms. The fraction of sp³-hybridized carbons (Fsp3) is 0.176. The van der Waals surface area contributed by atoms with Gasteiger partial charge in [-0.05, 0) is 123 Å². The highest BCUT2D eigenvalue weighted by Gasteiger charge is 2.04. The molecule has 0 aliphatic heterocycles. The molecule has 5 rings (SSSR count). The Morgan fingerprint density at radius 2 is 0.600 bits per heavy atom. The van der Waals surface area contributed by atoms with Crippen molar-refractivity contribution in [1.29, 1.82) is 0 Å². The van der Waals surface area contributed by atoms with E-state index in [2.05, 4.69) is 0 Å². The van der Waals surface area contributed by atoms with Gasteiger partial charge in [0.1, 0.15) is 11.5 Å². The van der Waals surface area contributed by atoms with Crippen molar-refractivity contribution in [2.75, 3.05) is 0 Å². The van der Waals surface area contributed by atoms with Crippen LogP contribution in [0.4, 0.5) is 0 Å². The first kappa shape index (κ1) is 26.8. The average Bonchev–Trinajstić information content (AvgIpc) is 2.91. The molecule has 1 heterocycles. The molecule has 0 radical (unpaired) electrons. The minimum absolute atomic E-state index is 0.0948. The first-order valence-electron chi connectivity index (χ1n) is 13.1. The van der Waals surface area contributed by atoms with Gasteiger partial charge in [-0.15, -0.1) is 0 Å². The van der Waals surface area contributed by atoms with Crippen molar-refractivity contribution in [3.8, 4) is 11.5 Å². The highest BCUT2D eigenvalue weighted by atomic mass is 16.3. The van der Waals surface area contributed by atoms with Crippen LogP contribution in [0, 0.1) is 41.5 Å². The lowest BCUT2D eigenvalue weighted by Crippen LogP contribution is -1.86. The Bertz CT molecular complexity index is 1720. The van der Waals surface area contributed by atoms with E-state index in [4.69, 9.17) is 19.9 Å². The first-order valence-corrected chi connectivity index (χ1v) is 13.1. The van der Waals surface area contributed by atoms with Gasteiger partial charge >= 0.3 is 0 Å². The molecule has 4 aromatic carbocycles. The van der Waals surface area contributed by atoms with Crippen LogP contribution < -0.4 is 0 Å². The van der Waals surface area contributed by atoms with E-state index >= 15 is 0 Å². The minimum Gasteiger partial charge on any atom is -0.507 e. The van der Waals surface area contributed by atoms with E-state index in [1.165, 1.54) is 0 Å². The summed E-state index contributed by atoms with van der Waals surface area (Å²) in [4.78, 5) is 18.9. The summed E-state index contributed by atoms with van der Waals surface area (Å²) in [6.45, 7) is 12.0. The predicted octanol–water partition coefficient (Wildman–Crippen LogP) is 7.95. The van der Waals surface area contributed by atoms with Crippen molar-refractivity contribution in [3.63, 3.8) is 0 Å². The summed E-state index contributed by atoms with van der Waals surface area (Å²) in [6, 6.07) is 15.4. The summed E-state index contributed by atoms with van der Waals surface area (Å²) in [5.74, 6) is 0.190. The Balaban J connectivity index is 2.00. The van der Waals surface area contributed by atoms with E-state index in [9.17, 15) is 10.2 Å². The summed E-state index contributed by atoms with van der Waals surface area (Å²) in [5, 5.41) is 24.6. The van der Waals surface area contributed by atoms with Crippen molar-refractivity contribution in [3.05, 3.63) is 107 Å². The third-order valence-electron chi connectivity index (χ3n) is 7.18. The SMILES string of the molecule is Cc1cc2cnc3cc(C)c(C)cc3ncc3cc(C)cc(cnc4cc(C)c(C)cc4ncc(c1)c2O)c3O.